The molecule has 0 amide bonds. The molecule has 2 heterocycles. The van der Waals surface area contributed by atoms with Crippen LogP contribution in [0.1, 0.15) is 44.4 Å². The van der Waals surface area contributed by atoms with E-state index in [0.29, 0.717) is 45.3 Å². The lowest BCUT2D eigenvalue weighted by atomic mass is 9.82. The van der Waals surface area contributed by atoms with Gasteiger partial charge < -0.3 is 9.47 Å². The van der Waals surface area contributed by atoms with Crippen LogP contribution in [0.3, 0.4) is 0 Å². The van der Waals surface area contributed by atoms with Crippen molar-refractivity contribution in [1.82, 2.24) is 14.8 Å². The maximum absolute atomic E-state index is 6.51. The predicted molar refractivity (Wildman–Crippen MR) is 133 cm³/mol. The largest absolute Gasteiger partial charge is 0.488 e. The fraction of sp³-hybridized carbons (Fsp3) is 0.417. The molecule has 0 bridgehead atoms. The van der Waals surface area contributed by atoms with Crippen LogP contribution in [-0.4, -0.2) is 27.0 Å². The Hall–Kier alpha value is -1.50. The van der Waals surface area contributed by atoms with Crippen LogP contribution in [0.5, 0.6) is 5.75 Å². The van der Waals surface area contributed by atoms with Crippen LogP contribution >= 0.6 is 46.4 Å². The van der Waals surface area contributed by atoms with Gasteiger partial charge in [-0.1, -0.05) is 73.2 Å². The van der Waals surface area contributed by atoms with Crippen molar-refractivity contribution in [2.45, 2.75) is 58.5 Å². The third-order valence-electron chi connectivity index (χ3n) is 5.73. The van der Waals surface area contributed by atoms with Crippen molar-refractivity contribution in [3.8, 4) is 5.75 Å². The lowest BCUT2D eigenvalue weighted by Gasteiger charge is -2.37. The number of aromatic nitrogens is 3. The minimum absolute atomic E-state index is 0.0993. The highest BCUT2D eigenvalue weighted by molar-refractivity contribution is 6.36. The molecule has 0 saturated heterocycles. The Bertz CT molecular complexity index is 1120. The van der Waals surface area contributed by atoms with Crippen LogP contribution in [-0.2, 0) is 17.8 Å². The summed E-state index contributed by atoms with van der Waals surface area (Å²) < 4.78 is 14.6. The van der Waals surface area contributed by atoms with Gasteiger partial charge in [0.25, 0.3) is 0 Å². The summed E-state index contributed by atoms with van der Waals surface area (Å²) in [5.41, 5.74) is 1.68. The standard InChI is InChI=1S/C24H25Cl4N3O2/c1-24(2,3)23(32-11-14-4-5-16(25)8-19(14)27)21(31-13-29-12-30-31)10-18-7-15-6-17(26)9-20(28)22(15)33-18/h4-6,8-9,12-13,18,21,23H,7,10-11H2,1-3H3. The average Bonchev–Trinajstić information content (AvgIpc) is 3.37. The lowest BCUT2D eigenvalue weighted by Crippen LogP contribution is -2.40. The normalized spacial score (nSPS) is 17.5. The number of ether oxygens (including phenoxy) is 2. The van der Waals surface area contributed by atoms with Gasteiger partial charge in [-0.05, 0) is 35.2 Å². The van der Waals surface area contributed by atoms with E-state index < -0.39 is 0 Å². The topological polar surface area (TPSA) is 49.2 Å². The summed E-state index contributed by atoms with van der Waals surface area (Å²) in [5.74, 6) is 0.699. The molecule has 1 aliphatic heterocycles. The summed E-state index contributed by atoms with van der Waals surface area (Å²) in [6.45, 7) is 6.78. The second-order valence-electron chi connectivity index (χ2n) is 9.33. The molecular weight excluding hydrogens is 504 g/mol. The molecule has 0 radical (unpaired) electrons. The third kappa shape index (κ3) is 5.77. The average molecular weight is 529 g/mol. The molecule has 33 heavy (non-hydrogen) atoms. The van der Waals surface area contributed by atoms with Gasteiger partial charge in [-0.3, -0.25) is 0 Å². The second kappa shape index (κ2) is 10.0. The van der Waals surface area contributed by atoms with E-state index in [2.05, 4.69) is 30.9 Å². The molecule has 0 fully saturated rings. The Balaban J connectivity index is 1.58. The molecule has 5 nitrogen and oxygen atoms in total. The number of rotatable bonds is 7. The van der Waals surface area contributed by atoms with Gasteiger partial charge in [-0.25, -0.2) is 9.67 Å². The first-order valence-corrected chi connectivity index (χ1v) is 12.2. The highest BCUT2D eigenvalue weighted by Crippen LogP contribution is 2.42. The highest BCUT2D eigenvalue weighted by Gasteiger charge is 2.39. The molecule has 9 heteroatoms. The Morgan fingerprint density at radius 2 is 1.85 bits per heavy atom. The van der Waals surface area contributed by atoms with Crippen molar-refractivity contribution < 1.29 is 9.47 Å². The fourth-order valence-corrected chi connectivity index (χ4v) is 5.31. The molecule has 2 aromatic carbocycles. The zero-order chi connectivity index (χ0) is 23.8. The molecule has 3 atom stereocenters. The Morgan fingerprint density at radius 3 is 2.52 bits per heavy atom. The summed E-state index contributed by atoms with van der Waals surface area (Å²) in [6.07, 6.45) is 4.30. The Morgan fingerprint density at radius 1 is 1.09 bits per heavy atom. The van der Waals surface area contributed by atoms with Crippen LogP contribution in [0.4, 0.5) is 0 Å². The Kier molecular flexibility index (Phi) is 7.47. The molecule has 1 aliphatic rings. The monoisotopic (exact) mass is 527 g/mol. The molecule has 3 unspecified atom stereocenters. The summed E-state index contributed by atoms with van der Waals surface area (Å²) >= 11 is 25.0. The van der Waals surface area contributed by atoms with Crippen LogP contribution in [0.2, 0.25) is 20.1 Å². The minimum Gasteiger partial charge on any atom is -0.488 e. The maximum Gasteiger partial charge on any atom is 0.141 e. The summed E-state index contributed by atoms with van der Waals surface area (Å²) in [5, 5.41) is 6.74. The summed E-state index contributed by atoms with van der Waals surface area (Å²) in [4.78, 5) is 4.17. The first kappa shape index (κ1) is 24.6. The number of hydrogen-bond donors (Lipinski definition) is 0. The quantitative estimate of drug-likeness (QED) is 0.319. The van der Waals surface area contributed by atoms with E-state index >= 15 is 0 Å². The molecule has 0 saturated carbocycles. The first-order valence-electron chi connectivity index (χ1n) is 10.7. The third-order valence-corrected chi connectivity index (χ3v) is 6.82. The lowest BCUT2D eigenvalue weighted by molar-refractivity contribution is -0.0703. The van der Waals surface area contributed by atoms with Crippen molar-refractivity contribution in [2.75, 3.05) is 0 Å². The highest BCUT2D eigenvalue weighted by atomic mass is 35.5. The summed E-state index contributed by atoms with van der Waals surface area (Å²) in [6, 6.07) is 8.90. The number of nitrogens with zero attached hydrogens (tertiary/aromatic N) is 3. The van der Waals surface area contributed by atoms with Gasteiger partial charge in [-0.2, -0.15) is 5.10 Å². The van der Waals surface area contributed by atoms with E-state index in [1.165, 1.54) is 6.33 Å². The molecule has 0 spiro atoms. The number of halogens is 4. The zero-order valence-corrected chi connectivity index (χ0v) is 21.6. The van der Waals surface area contributed by atoms with Gasteiger partial charge in [0.1, 0.15) is 24.5 Å². The van der Waals surface area contributed by atoms with E-state index in [1.807, 2.05) is 22.9 Å². The molecule has 0 N–H and O–H groups in total. The van der Waals surface area contributed by atoms with Gasteiger partial charge in [0.2, 0.25) is 0 Å². The Labute approximate surface area is 213 Å². The van der Waals surface area contributed by atoms with Crippen molar-refractivity contribution in [3.05, 3.63) is 74.2 Å². The number of hydrogen-bond acceptors (Lipinski definition) is 4. The zero-order valence-electron chi connectivity index (χ0n) is 18.6. The first-order chi connectivity index (χ1) is 15.6. The molecular formula is C24H25Cl4N3O2. The van der Waals surface area contributed by atoms with Crippen LogP contribution in [0.15, 0.2) is 43.0 Å². The van der Waals surface area contributed by atoms with Gasteiger partial charge in [0.05, 0.1) is 23.8 Å². The minimum atomic E-state index is -0.211. The fourth-order valence-electron chi connectivity index (χ4n) is 4.27. The van der Waals surface area contributed by atoms with E-state index in [-0.39, 0.29) is 23.7 Å². The van der Waals surface area contributed by atoms with Crippen LogP contribution in [0, 0.1) is 5.41 Å². The van der Waals surface area contributed by atoms with Crippen molar-refractivity contribution in [1.29, 1.82) is 0 Å². The van der Waals surface area contributed by atoms with Crippen molar-refractivity contribution in [2.24, 2.45) is 5.41 Å². The van der Waals surface area contributed by atoms with Gasteiger partial charge in [0, 0.05) is 33.5 Å². The predicted octanol–water partition coefficient (Wildman–Crippen LogP) is 7.46. The van der Waals surface area contributed by atoms with E-state index in [4.69, 9.17) is 55.9 Å². The van der Waals surface area contributed by atoms with E-state index in [0.717, 1.165) is 11.1 Å². The molecule has 0 aliphatic carbocycles. The molecule has 3 aromatic rings. The van der Waals surface area contributed by atoms with Crippen LogP contribution < -0.4 is 4.74 Å². The van der Waals surface area contributed by atoms with Gasteiger partial charge in [-0.15, -0.1) is 0 Å². The number of benzene rings is 2. The van der Waals surface area contributed by atoms with E-state index in [9.17, 15) is 0 Å². The second-order valence-corrected chi connectivity index (χ2v) is 11.0. The van der Waals surface area contributed by atoms with Gasteiger partial charge in [0.15, 0.2) is 0 Å². The van der Waals surface area contributed by atoms with Crippen molar-refractivity contribution >= 4 is 46.4 Å². The van der Waals surface area contributed by atoms with Crippen LogP contribution in [0.25, 0.3) is 0 Å². The van der Waals surface area contributed by atoms with Gasteiger partial charge >= 0.3 is 0 Å². The van der Waals surface area contributed by atoms with Crippen molar-refractivity contribution in [3.63, 3.8) is 0 Å². The molecule has 4 rings (SSSR count). The smallest absolute Gasteiger partial charge is 0.141 e. The number of fused-ring (bicyclic) bond motifs is 1. The maximum atomic E-state index is 6.51. The SMILES string of the molecule is CC(C)(C)C(OCc1ccc(Cl)cc1Cl)C(CC1Cc2cc(Cl)cc(Cl)c2O1)n1cncn1. The summed E-state index contributed by atoms with van der Waals surface area (Å²) in [7, 11) is 0. The van der Waals surface area contributed by atoms with E-state index in [1.54, 1.807) is 18.5 Å². The molecule has 176 valence electrons. The molecule has 1 aromatic heterocycles.